The minimum absolute atomic E-state index is 0.00674. The first-order valence-corrected chi connectivity index (χ1v) is 10.4. The zero-order chi connectivity index (χ0) is 22.3. The zero-order valence-corrected chi connectivity index (χ0v) is 17.5. The van der Waals surface area contributed by atoms with Crippen molar-refractivity contribution >= 4 is 22.6 Å². The van der Waals surface area contributed by atoms with Gasteiger partial charge in [-0.3, -0.25) is 4.79 Å². The van der Waals surface area contributed by atoms with Crippen LogP contribution in [-0.2, 0) is 0 Å². The third-order valence-electron chi connectivity index (χ3n) is 6.36. The maximum absolute atomic E-state index is 15.4. The molecule has 1 aliphatic carbocycles. The highest BCUT2D eigenvalue weighted by atomic mass is 19.1. The predicted molar refractivity (Wildman–Crippen MR) is 113 cm³/mol. The highest BCUT2D eigenvalue weighted by Gasteiger charge is 2.35. The second kappa shape index (κ2) is 8.19. The van der Waals surface area contributed by atoms with Gasteiger partial charge < -0.3 is 24.6 Å². The van der Waals surface area contributed by atoms with Crippen LogP contribution in [0.25, 0.3) is 10.9 Å². The quantitative estimate of drug-likeness (QED) is 0.698. The van der Waals surface area contributed by atoms with Crippen molar-refractivity contribution in [1.29, 1.82) is 5.26 Å². The summed E-state index contributed by atoms with van der Waals surface area (Å²) < 4.78 is 22.7. The van der Waals surface area contributed by atoms with Gasteiger partial charge >= 0.3 is 5.97 Å². The van der Waals surface area contributed by atoms with E-state index in [1.54, 1.807) is 4.57 Å². The number of benzene rings is 1. The van der Waals surface area contributed by atoms with Crippen LogP contribution in [-0.4, -0.2) is 48.9 Å². The Morgan fingerprint density at radius 2 is 2.19 bits per heavy atom. The number of nitrogens with one attached hydrogen (secondary N) is 1. The molecule has 1 saturated heterocycles. The summed E-state index contributed by atoms with van der Waals surface area (Å²) in [6.07, 6.45) is 4.23. The first kappa shape index (κ1) is 21.1. The van der Waals surface area contributed by atoms with Gasteiger partial charge in [0, 0.05) is 31.4 Å². The molecule has 1 unspecified atom stereocenters. The van der Waals surface area contributed by atoms with E-state index in [2.05, 4.69) is 11.4 Å². The number of ether oxygens (including phenoxy) is 1. The van der Waals surface area contributed by atoms with Crippen molar-refractivity contribution in [3.63, 3.8) is 0 Å². The summed E-state index contributed by atoms with van der Waals surface area (Å²) in [7, 11) is 3.25. The molecule has 31 heavy (non-hydrogen) atoms. The lowest BCUT2D eigenvalue weighted by Gasteiger charge is -2.26. The standard InChI is InChI=1S/C22H25FN4O4/c1-25-17(5-7-24)12-6-8-26(10-12)19-16(23)9-14-18(21(19)31-2)27(13-3-4-13)11-15(20(14)28)22(29)30/h9,11-13,17,25H,3-6,8,10H2,1-2H3,(H,29,30)/t12?,17-/m1/s1. The number of anilines is 1. The molecule has 2 aromatic rings. The lowest BCUT2D eigenvalue weighted by atomic mass is 9.97. The number of pyridine rings is 1. The van der Waals surface area contributed by atoms with E-state index in [9.17, 15) is 14.7 Å². The fourth-order valence-electron chi connectivity index (χ4n) is 4.65. The number of nitriles is 1. The van der Waals surface area contributed by atoms with Crippen molar-refractivity contribution in [2.45, 2.75) is 37.8 Å². The first-order chi connectivity index (χ1) is 14.9. The fourth-order valence-corrected chi connectivity index (χ4v) is 4.65. The van der Waals surface area contributed by atoms with Crippen molar-refractivity contribution in [1.82, 2.24) is 9.88 Å². The molecular formula is C22H25FN4O4. The summed E-state index contributed by atoms with van der Waals surface area (Å²) >= 11 is 0. The Balaban J connectivity index is 1.86. The van der Waals surface area contributed by atoms with E-state index < -0.39 is 17.2 Å². The van der Waals surface area contributed by atoms with Crippen molar-refractivity contribution < 1.29 is 19.0 Å². The van der Waals surface area contributed by atoms with Crippen molar-refractivity contribution in [3.05, 3.63) is 33.9 Å². The van der Waals surface area contributed by atoms with Crippen LogP contribution in [0.2, 0.25) is 0 Å². The van der Waals surface area contributed by atoms with Crippen molar-refractivity contribution in [3.8, 4) is 11.8 Å². The van der Waals surface area contributed by atoms with Gasteiger partial charge in [0.2, 0.25) is 5.43 Å². The van der Waals surface area contributed by atoms with Gasteiger partial charge in [-0.25, -0.2) is 9.18 Å². The van der Waals surface area contributed by atoms with E-state index in [1.165, 1.54) is 13.3 Å². The topological polar surface area (TPSA) is 108 Å². The summed E-state index contributed by atoms with van der Waals surface area (Å²) in [5, 5.41) is 21.7. The molecular weight excluding hydrogens is 403 g/mol. The number of methoxy groups -OCH3 is 1. The maximum atomic E-state index is 15.4. The molecule has 2 N–H and O–H groups in total. The average molecular weight is 428 g/mol. The molecule has 9 heteroatoms. The minimum Gasteiger partial charge on any atom is -0.492 e. The van der Waals surface area contributed by atoms with Gasteiger partial charge in [-0.05, 0) is 38.3 Å². The van der Waals surface area contributed by atoms with Crippen LogP contribution in [0.4, 0.5) is 10.1 Å². The van der Waals surface area contributed by atoms with Gasteiger partial charge in [0.25, 0.3) is 0 Å². The van der Waals surface area contributed by atoms with E-state index in [1.807, 2.05) is 11.9 Å². The SMILES string of the molecule is CN[C@H](CC#N)C1CCN(c2c(F)cc3c(=O)c(C(=O)O)cn(C4CC4)c3c2OC)C1. The van der Waals surface area contributed by atoms with Crippen LogP contribution in [0.1, 0.15) is 42.1 Å². The molecule has 0 bridgehead atoms. The second-order valence-electron chi connectivity index (χ2n) is 8.20. The van der Waals surface area contributed by atoms with Crippen molar-refractivity contribution in [2.75, 3.05) is 32.1 Å². The van der Waals surface area contributed by atoms with E-state index in [0.717, 1.165) is 25.3 Å². The summed E-state index contributed by atoms with van der Waals surface area (Å²) in [5.41, 5.74) is -0.377. The molecule has 0 radical (unpaired) electrons. The molecule has 0 spiro atoms. The number of carbonyl (C=O) groups is 1. The van der Waals surface area contributed by atoms with Crippen LogP contribution in [0, 0.1) is 23.1 Å². The number of carboxylic acids is 1. The van der Waals surface area contributed by atoms with Crippen LogP contribution in [0.5, 0.6) is 5.75 Å². The third-order valence-corrected chi connectivity index (χ3v) is 6.36. The third kappa shape index (κ3) is 3.61. The second-order valence-corrected chi connectivity index (χ2v) is 8.20. The summed E-state index contributed by atoms with van der Waals surface area (Å²) in [5.74, 6) is -1.53. The monoisotopic (exact) mass is 428 g/mol. The molecule has 2 aliphatic rings. The van der Waals surface area contributed by atoms with Gasteiger partial charge in [-0.15, -0.1) is 0 Å². The maximum Gasteiger partial charge on any atom is 0.341 e. The molecule has 0 amide bonds. The molecule has 4 rings (SSSR count). The molecule has 2 fully saturated rings. The lowest BCUT2D eigenvalue weighted by Crippen LogP contribution is -2.35. The molecule has 2 atom stereocenters. The number of halogens is 1. The average Bonchev–Trinajstić information content (AvgIpc) is 3.48. The summed E-state index contributed by atoms with van der Waals surface area (Å²) in [6, 6.07) is 3.39. The van der Waals surface area contributed by atoms with Gasteiger partial charge in [0.15, 0.2) is 11.6 Å². The molecule has 8 nitrogen and oxygen atoms in total. The van der Waals surface area contributed by atoms with Crippen LogP contribution >= 0.6 is 0 Å². The van der Waals surface area contributed by atoms with Gasteiger partial charge in [-0.2, -0.15) is 5.26 Å². The number of aromatic carboxylic acids is 1. The number of aromatic nitrogens is 1. The highest BCUT2D eigenvalue weighted by molar-refractivity contribution is 5.97. The fraction of sp³-hybridized carbons (Fsp3) is 0.500. The first-order valence-electron chi connectivity index (χ1n) is 10.4. The minimum atomic E-state index is -1.33. The number of hydrogen-bond acceptors (Lipinski definition) is 6. The lowest BCUT2D eigenvalue weighted by molar-refractivity contribution is 0.0695. The number of rotatable bonds is 7. The Bertz CT molecular complexity index is 1140. The van der Waals surface area contributed by atoms with Crippen LogP contribution in [0.3, 0.4) is 0 Å². The van der Waals surface area contributed by atoms with Gasteiger partial charge in [-0.1, -0.05) is 0 Å². The predicted octanol–water partition coefficient (Wildman–Crippen LogP) is 2.51. The Hall–Kier alpha value is -3.12. The Morgan fingerprint density at radius 3 is 2.77 bits per heavy atom. The summed E-state index contributed by atoms with van der Waals surface area (Å²) in [6.45, 7) is 1.14. The Labute approximate surface area is 178 Å². The molecule has 164 valence electrons. The number of fused-ring (bicyclic) bond motifs is 1. The Kier molecular flexibility index (Phi) is 5.58. The Morgan fingerprint density at radius 1 is 1.45 bits per heavy atom. The summed E-state index contributed by atoms with van der Waals surface area (Å²) in [4.78, 5) is 26.3. The van der Waals surface area contributed by atoms with E-state index in [0.29, 0.717) is 25.0 Å². The molecule has 1 aromatic heterocycles. The van der Waals surface area contributed by atoms with E-state index in [4.69, 9.17) is 10.00 Å². The normalized spacial score (nSPS) is 19.4. The zero-order valence-electron chi connectivity index (χ0n) is 17.5. The smallest absolute Gasteiger partial charge is 0.341 e. The number of nitrogens with zero attached hydrogens (tertiary/aromatic N) is 3. The largest absolute Gasteiger partial charge is 0.492 e. The number of carboxylic acid groups (broad SMARTS) is 1. The molecule has 2 heterocycles. The van der Waals surface area contributed by atoms with E-state index in [-0.39, 0.29) is 40.4 Å². The highest BCUT2D eigenvalue weighted by Crippen LogP contribution is 2.44. The molecule has 1 saturated carbocycles. The van der Waals surface area contributed by atoms with E-state index >= 15 is 4.39 Å². The van der Waals surface area contributed by atoms with Crippen molar-refractivity contribution in [2.24, 2.45) is 5.92 Å². The van der Waals surface area contributed by atoms with Gasteiger partial charge in [0.05, 0.1) is 30.5 Å². The molecule has 1 aliphatic heterocycles. The molecule has 1 aromatic carbocycles. The number of hydrogen-bond donors (Lipinski definition) is 2. The van der Waals surface area contributed by atoms with Gasteiger partial charge in [0.1, 0.15) is 11.3 Å². The van der Waals surface area contributed by atoms with Crippen LogP contribution in [0.15, 0.2) is 17.1 Å². The van der Waals surface area contributed by atoms with Crippen LogP contribution < -0.4 is 20.4 Å².